The summed E-state index contributed by atoms with van der Waals surface area (Å²) in [6.45, 7) is 3.55. The average Bonchev–Trinajstić information content (AvgIpc) is 2.64. The van der Waals surface area contributed by atoms with Crippen molar-refractivity contribution in [3.63, 3.8) is 0 Å². The Kier molecular flexibility index (Phi) is 5.81. The van der Waals surface area contributed by atoms with E-state index in [9.17, 15) is 13.4 Å². The van der Waals surface area contributed by atoms with E-state index >= 15 is 0 Å². The van der Waals surface area contributed by atoms with Crippen molar-refractivity contribution in [3.05, 3.63) is 65.6 Å². The normalized spacial score (nSPS) is 12.0. The van der Waals surface area contributed by atoms with Crippen LogP contribution in [-0.2, 0) is 11.0 Å². The monoisotopic (exact) mass is 385 g/mol. The lowest BCUT2D eigenvalue weighted by atomic mass is 10.1. The largest absolute Gasteiger partial charge is 0.320 e. The number of carbonyl (C=O) groups is 1. The van der Waals surface area contributed by atoms with Gasteiger partial charge in [0.2, 0.25) is 0 Å². The van der Waals surface area contributed by atoms with Gasteiger partial charge in [0.25, 0.3) is 5.91 Å². The molecule has 0 saturated heterocycles. The topological polar surface area (TPSA) is 71.1 Å². The number of para-hydroxylation sites is 1. The van der Waals surface area contributed by atoms with Crippen molar-refractivity contribution in [1.82, 2.24) is 4.98 Å². The van der Waals surface area contributed by atoms with Gasteiger partial charge in [-0.3, -0.25) is 9.78 Å². The van der Waals surface area contributed by atoms with E-state index in [0.717, 1.165) is 10.9 Å². The number of fused-ring (bicyclic) bond motifs is 1. The van der Waals surface area contributed by atoms with Crippen LogP contribution in [0, 0.1) is 12.7 Å². The Hall–Kier alpha value is -2.80. The van der Waals surface area contributed by atoms with Gasteiger partial charge in [0.15, 0.2) is 5.82 Å². The molecule has 1 aromatic heterocycles. The number of hydrogen-bond donors (Lipinski definition) is 2. The molecule has 27 heavy (non-hydrogen) atoms. The van der Waals surface area contributed by atoms with Gasteiger partial charge < -0.3 is 10.0 Å². The Morgan fingerprint density at radius 3 is 2.78 bits per heavy atom. The molecule has 0 bridgehead atoms. The minimum absolute atomic E-state index is 0.0502. The molecule has 0 aliphatic heterocycles. The van der Waals surface area contributed by atoms with Crippen molar-refractivity contribution in [1.29, 1.82) is 0 Å². The highest BCUT2D eigenvalue weighted by molar-refractivity contribution is 7.86. The first-order chi connectivity index (χ1) is 13.0. The number of anilines is 2. The SMILES string of the molecule is CCCS(=O)Nc1ccc(C)c(C(=O)Nc2cnc3ccccc3c2)c1F. The standard InChI is InChI=1S/C20H20FN3O2S/c1-3-10-27(26)24-17-9-8-13(2)18(19(17)21)20(25)23-15-11-14-6-4-5-7-16(14)22-12-15/h4-9,11-12,24H,3,10H2,1-2H3,(H,23,25). The van der Waals surface area contributed by atoms with Crippen LogP contribution < -0.4 is 10.0 Å². The third kappa shape index (κ3) is 4.31. The lowest BCUT2D eigenvalue weighted by Gasteiger charge is -2.13. The van der Waals surface area contributed by atoms with Crippen molar-refractivity contribution in [3.8, 4) is 0 Å². The molecule has 7 heteroatoms. The molecule has 1 atom stereocenters. The molecule has 0 aliphatic carbocycles. The number of benzene rings is 2. The fourth-order valence-electron chi connectivity index (χ4n) is 2.72. The van der Waals surface area contributed by atoms with E-state index in [1.165, 1.54) is 12.3 Å². The Labute approximate surface area is 159 Å². The van der Waals surface area contributed by atoms with Crippen LogP contribution in [0.3, 0.4) is 0 Å². The number of amides is 1. The van der Waals surface area contributed by atoms with Crippen molar-refractivity contribution in [2.75, 3.05) is 15.8 Å². The molecule has 5 nitrogen and oxygen atoms in total. The number of carbonyl (C=O) groups excluding carboxylic acids is 1. The van der Waals surface area contributed by atoms with Crippen molar-refractivity contribution in [2.45, 2.75) is 20.3 Å². The van der Waals surface area contributed by atoms with Gasteiger partial charge in [-0.25, -0.2) is 8.60 Å². The maximum absolute atomic E-state index is 14.9. The molecule has 1 unspecified atom stereocenters. The Morgan fingerprint density at radius 1 is 1.22 bits per heavy atom. The first-order valence-electron chi connectivity index (χ1n) is 8.60. The number of halogens is 1. The molecule has 2 N–H and O–H groups in total. The highest BCUT2D eigenvalue weighted by Gasteiger charge is 2.19. The summed E-state index contributed by atoms with van der Waals surface area (Å²) in [5.41, 5.74) is 1.74. The molecular weight excluding hydrogens is 365 g/mol. The van der Waals surface area contributed by atoms with E-state index in [-0.39, 0.29) is 11.3 Å². The maximum atomic E-state index is 14.9. The molecule has 0 radical (unpaired) electrons. The highest BCUT2D eigenvalue weighted by Crippen LogP contribution is 2.24. The third-order valence-corrected chi connectivity index (χ3v) is 5.27. The Bertz CT molecular complexity index is 1020. The molecule has 3 rings (SSSR count). The van der Waals surface area contributed by atoms with E-state index < -0.39 is 22.7 Å². The summed E-state index contributed by atoms with van der Waals surface area (Å²) >= 11 is 0. The summed E-state index contributed by atoms with van der Waals surface area (Å²) in [6, 6.07) is 12.4. The van der Waals surface area contributed by atoms with Crippen LogP contribution in [0.4, 0.5) is 15.8 Å². The molecule has 0 saturated carbocycles. The molecule has 0 aliphatic rings. The highest BCUT2D eigenvalue weighted by atomic mass is 32.2. The van der Waals surface area contributed by atoms with Gasteiger partial charge in [-0.15, -0.1) is 0 Å². The van der Waals surface area contributed by atoms with Crippen LogP contribution in [0.1, 0.15) is 29.3 Å². The number of nitrogens with one attached hydrogen (secondary N) is 2. The van der Waals surface area contributed by atoms with Crippen molar-refractivity contribution < 1.29 is 13.4 Å². The fraction of sp³-hybridized carbons (Fsp3) is 0.200. The average molecular weight is 385 g/mol. The fourth-order valence-corrected chi connectivity index (χ4v) is 3.60. The van der Waals surface area contributed by atoms with Crippen molar-refractivity contribution >= 4 is 39.2 Å². The first-order valence-corrected chi connectivity index (χ1v) is 9.91. The zero-order valence-corrected chi connectivity index (χ0v) is 15.9. The smallest absolute Gasteiger partial charge is 0.259 e. The van der Waals surface area contributed by atoms with E-state index in [0.29, 0.717) is 23.4 Å². The number of hydrogen-bond acceptors (Lipinski definition) is 3. The van der Waals surface area contributed by atoms with Gasteiger partial charge in [0, 0.05) is 11.1 Å². The summed E-state index contributed by atoms with van der Waals surface area (Å²) < 4.78 is 29.4. The van der Waals surface area contributed by atoms with Crippen LogP contribution in [0.2, 0.25) is 0 Å². The summed E-state index contributed by atoms with van der Waals surface area (Å²) in [5.74, 6) is -0.893. The predicted molar refractivity (Wildman–Crippen MR) is 108 cm³/mol. The quantitative estimate of drug-likeness (QED) is 0.660. The number of nitrogens with zero attached hydrogens (tertiary/aromatic N) is 1. The third-order valence-electron chi connectivity index (χ3n) is 4.04. The van der Waals surface area contributed by atoms with E-state index in [1.54, 1.807) is 19.1 Å². The van der Waals surface area contributed by atoms with E-state index in [4.69, 9.17) is 0 Å². The van der Waals surface area contributed by atoms with Crippen LogP contribution >= 0.6 is 0 Å². The number of aromatic nitrogens is 1. The van der Waals surface area contributed by atoms with Crippen LogP contribution in [0.15, 0.2) is 48.7 Å². The van der Waals surface area contributed by atoms with Crippen LogP contribution in [-0.4, -0.2) is 20.9 Å². The molecule has 2 aromatic carbocycles. The number of pyridine rings is 1. The molecule has 0 spiro atoms. The number of aryl methyl sites for hydroxylation is 1. The summed E-state index contributed by atoms with van der Waals surface area (Å²) in [6.07, 6.45) is 2.24. The summed E-state index contributed by atoms with van der Waals surface area (Å²) in [5, 5.41) is 3.57. The Balaban J connectivity index is 1.87. The molecule has 0 fully saturated rings. The van der Waals surface area contributed by atoms with E-state index in [1.807, 2.05) is 31.2 Å². The summed E-state index contributed by atoms with van der Waals surface area (Å²) in [7, 11) is -1.39. The molecular formula is C20H20FN3O2S. The van der Waals surface area contributed by atoms with Crippen LogP contribution in [0.5, 0.6) is 0 Å². The van der Waals surface area contributed by atoms with Gasteiger partial charge in [-0.1, -0.05) is 31.2 Å². The minimum Gasteiger partial charge on any atom is -0.320 e. The van der Waals surface area contributed by atoms with Gasteiger partial charge in [-0.05, 0) is 37.1 Å². The second kappa shape index (κ2) is 8.26. The van der Waals surface area contributed by atoms with Gasteiger partial charge in [0.05, 0.1) is 28.7 Å². The lowest BCUT2D eigenvalue weighted by molar-refractivity contribution is 0.102. The molecule has 3 aromatic rings. The first kappa shape index (κ1) is 19.0. The maximum Gasteiger partial charge on any atom is 0.259 e. The van der Waals surface area contributed by atoms with Gasteiger partial charge >= 0.3 is 0 Å². The van der Waals surface area contributed by atoms with Crippen LogP contribution in [0.25, 0.3) is 10.9 Å². The lowest BCUT2D eigenvalue weighted by Crippen LogP contribution is -2.18. The summed E-state index contributed by atoms with van der Waals surface area (Å²) in [4.78, 5) is 17.0. The van der Waals surface area contributed by atoms with E-state index in [2.05, 4.69) is 15.0 Å². The molecule has 140 valence electrons. The molecule has 1 amide bonds. The zero-order valence-electron chi connectivity index (χ0n) is 15.1. The van der Waals surface area contributed by atoms with Crippen molar-refractivity contribution in [2.24, 2.45) is 0 Å². The molecule has 1 heterocycles. The minimum atomic E-state index is -1.39. The zero-order chi connectivity index (χ0) is 19.4. The van der Waals surface area contributed by atoms with Gasteiger partial charge in [-0.2, -0.15) is 0 Å². The Morgan fingerprint density at radius 2 is 2.00 bits per heavy atom. The van der Waals surface area contributed by atoms with Gasteiger partial charge in [0.1, 0.15) is 11.0 Å². The number of rotatable bonds is 6. The second-order valence-corrected chi connectivity index (χ2v) is 7.44. The second-order valence-electron chi connectivity index (χ2n) is 6.14. The predicted octanol–water partition coefficient (Wildman–Crippen LogP) is 4.42.